The lowest BCUT2D eigenvalue weighted by Crippen LogP contribution is -2.30. The zero-order valence-corrected chi connectivity index (χ0v) is 20.7. The van der Waals surface area contributed by atoms with E-state index >= 15 is 0 Å². The molecule has 0 saturated heterocycles. The smallest absolute Gasteiger partial charge is 0.211 e. The van der Waals surface area contributed by atoms with Gasteiger partial charge in [-0.05, 0) is 12.5 Å². The van der Waals surface area contributed by atoms with Gasteiger partial charge in [0.2, 0.25) is 5.69 Å². The Labute approximate surface area is 195 Å². The lowest BCUT2D eigenvalue weighted by Gasteiger charge is -2.19. The van der Waals surface area contributed by atoms with Gasteiger partial charge in [-0.1, -0.05) is 70.8 Å². The molecule has 0 aliphatic heterocycles. The van der Waals surface area contributed by atoms with Gasteiger partial charge in [0.15, 0.2) is 24.1 Å². The second-order valence-corrected chi connectivity index (χ2v) is 9.66. The highest BCUT2D eigenvalue weighted by Gasteiger charge is 2.20. The van der Waals surface area contributed by atoms with E-state index in [4.69, 9.17) is 4.74 Å². The number of benzene rings is 1. The van der Waals surface area contributed by atoms with Crippen molar-refractivity contribution in [1.82, 2.24) is 0 Å². The molecule has 0 bridgehead atoms. The highest BCUT2D eigenvalue weighted by molar-refractivity contribution is 5.81. The van der Waals surface area contributed by atoms with E-state index in [2.05, 4.69) is 6.92 Å². The van der Waals surface area contributed by atoms with Gasteiger partial charge < -0.3 is 9.94 Å². The number of hydrogen-bond acceptors (Lipinski definition) is 2. The van der Waals surface area contributed by atoms with Crippen molar-refractivity contribution >= 4 is 6.21 Å². The Bertz CT molecular complexity index is 810. The van der Waals surface area contributed by atoms with E-state index in [0.29, 0.717) is 6.61 Å². The standard InChI is InChI=1S/C28H43N2O2/c1-5-6-7-8-9-10-11-12-13-17-22-32-27-19-18-26(29-20-15-14-16-21-29)23-25(27)24-30(31)28(2,3)4/h14-16,18-21,23-24H,5-13,17,22H2,1-4H3/q+1/b30-24-. The minimum atomic E-state index is -0.496. The number of nitrogens with zero attached hydrogens (tertiary/aromatic N) is 2. The first kappa shape index (κ1) is 25.9. The summed E-state index contributed by atoms with van der Waals surface area (Å²) in [6, 6.07) is 12.0. The van der Waals surface area contributed by atoms with Crippen LogP contribution in [-0.4, -0.2) is 23.1 Å². The molecule has 0 fully saturated rings. The molecule has 2 rings (SSSR count). The Hall–Kier alpha value is -2.36. The van der Waals surface area contributed by atoms with Crippen LogP contribution in [0.25, 0.3) is 5.69 Å². The van der Waals surface area contributed by atoms with Gasteiger partial charge in [0.1, 0.15) is 5.75 Å². The molecule has 1 aromatic carbocycles. The van der Waals surface area contributed by atoms with Crippen molar-refractivity contribution in [1.29, 1.82) is 0 Å². The maximum Gasteiger partial charge on any atom is 0.211 e. The molecule has 0 radical (unpaired) electrons. The number of unbranched alkanes of at least 4 members (excludes halogenated alkanes) is 9. The summed E-state index contributed by atoms with van der Waals surface area (Å²) in [7, 11) is 0. The summed E-state index contributed by atoms with van der Waals surface area (Å²) in [4.78, 5) is 0. The Morgan fingerprint density at radius 1 is 0.875 bits per heavy atom. The van der Waals surface area contributed by atoms with Gasteiger partial charge in [0, 0.05) is 45.0 Å². The number of hydrogen-bond donors (Lipinski definition) is 0. The quantitative estimate of drug-likeness (QED) is 0.105. The van der Waals surface area contributed by atoms with Crippen molar-refractivity contribution in [2.45, 2.75) is 97.4 Å². The maximum atomic E-state index is 12.6. The van der Waals surface area contributed by atoms with E-state index in [1.165, 1.54) is 57.8 Å². The van der Waals surface area contributed by atoms with Crippen molar-refractivity contribution in [3.63, 3.8) is 0 Å². The fraction of sp³-hybridized carbons (Fsp3) is 0.571. The van der Waals surface area contributed by atoms with E-state index < -0.39 is 5.54 Å². The molecule has 0 N–H and O–H groups in total. The van der Waals surface area contributed by atoms with Crippen LogP contribution in [0.2, 0.25) is 0 Å². The van der Waals surface area contributed by atoms with Gasteiger partial charge in [0.05, 0.1) is 12.2 Å². The molecular formula is C28H43N2O2+. The van der Waals surface area contributed by atoms with Crippen LogP contribution in [0.5, 0.6) is 5.75 Å². The number of pyridine rings is 1. The predicted molar refractivity (Wildman–Crippen MR) is 134 cm³/mol. The van der Waals surface area contributed by atoms with Crippen LogP contribution in [0.15, 0.2) is 48.8 Å². The summed E-state index contributed by atoms with van der Waals surface area (Å²) < 4.78 is 9.15. The Morgan fingerprint density at radius 3 is 2.06 bits per heavy atom. The van der Waals surface area contributed by atoms with Crippen LogP contribution in [0.4, 0.5) is 0 Å². The number of ether oxygens (including phenoxy) is 1. The van der Waals surface area contributed by atoms with Gasteiger partial charge in [-0.3, -0.25) is 0 Å². The summed E-state index contributed by atoms with van der Waals surface area (Å²) in [6.45, 7) is 8.69. The van der Waals surface area contributed by atoms with Gasteiger partial charge in [0.25, 0.3) is 0 Å². The summed E-state index contributed by atoms with van der Waals surface area (Å²) in [5.41, 5.74) is 1.32. The van der Waals surface area contributed by atoms with Gasteiger partial charge in [-0.15, -0.1) is 0 Å². The van der Waals surface area contributed by atoms with Gasteiger partial charge in [-0.2, -0.15) is 4.57 Å². The first-order valence-corrected chi connectivity index (χ1v) is 12.5. The van der Waals surface area contributed by atoms with Crippen molar-refractivity contribution in [3.8, 4) is 11.4 Å². The molecule has 4 nitrogen and oxygen atoms in total. The highest BCUT2D eigenvalue weighted by Crippen LogP contribution is 2.21. The summed E-state index contributed by atoms with van der Waals surface area (Å²) in [6.07, 6.45) is 18.7. The molecule has 2 aromatic rings. The molecule has 0 aliphatic carbocycles. The monoisotopic (exact) mass is 439 g/mol. The third-order valence-electron chi connectivity index (χ3n) is 5.68. The van der Waals surface area contributed by atoms with Crippen LogP contribution in [0, 0.1) is 5.21 Å². The highest BCUT2D eigenvalue weighted by atomic mass is 16.5. The fourth-order valence-corrected chi connectivity index (χ4v) is 3.59. The number of hydroxylamine groups is 1. The molecule has 176 valence electrons. The molecule has 4 heteroatoms. The average Bonchev–Trinajstić information content (AvgIpc) is 2.78. The molecular weight excluding hydrogens is 396 g/mol. The van der Waals surface area contributed by atoms with Gasteiger partial charge in [-0.25, -0.2) is 4.74 Å². The Balaban J connectivity index is 1.90. The second-order valence-electron chi connectivity index (χ2n) is 9.66. The van der Waals surface area contributed by atoms with Crippen LogP contribution in [0.1, 0.15) is 97.5 Å². The zero-order chi connectivity index (χ0) is 23.2. The Kier molecular flexibility index (Phi) is 11.3. The maximum absolute atomic E-state index is 12.6. The molecule has 32 heavy (non-hydrogen) atoms. The lowest BCUT2D eigenvalue weighted by atomic mass is 10.1. The van der Waals surface area contributed by atoms with Crippen LogP contribution < -0.4 is 9.30 Å². The summed E-state index contributed by atoms with van der Waals surface area (Å²) in [5.74, 6) is 0.770. The normalized spacial score (nSPS) is 12.2. The van der Waals surface area contributed by atoms with E-state index in [0.717, 1.165) is 28.2 Å². The van der Waals surface area contributed by atoms with E-state index in [1.54, 1.807) is 6.21 Å². The zero-order valence-electron chi connectivity index (χ0n) is 20.7. The Morgan fingerprint density at radius 2 is 1.47 bits per heavy atom. The van der Waals surface area contributed by atoms with Crippen LogP contribution in [0.3, 0.4) is 0 Å². The topological polar surface area (TPSA) is 39.2 Å². The predicted octanol–water partition coefficient (Wildman–Crippen LogP) is 6.99. The third kappa shape index (κ3) is 9.42. The fourth-order valence-electron chi connectivity index (χ4n) is 3.59. The van der Waals surface area contributed by atoms with Gasteiger partial charge >= 0.3 is 0 Å². The first-order valence-electron chi connectivity index (χ1n) is 12.5. The van der Waals surface area contributed by atoms with Crippen LogP contribution >= 0.6 is 0 Å². The van der Waals surface area contributed by atoms with E-state index in [-0.39, 0.29) is 0 Å². The molecule has 0 amide bonds. The average molecular weight is 440 g/mol. The molecule has 1 heterocycles. The van der Waals surface area contributed by atoms with Crippen LogP contribution in [-0.2, 0) is 0 Å². The van der Waals surface area contributed by atoms with Crippen molar-refractivity contribution in [3.05, 3.63) is 59.6 Å². The van der Waals surface area contributed by atoms with E-state index in [1.807, 2.05) is 74.1 Å². The molecule has 0 atom stereocenters. The molecule has 1 aromatic heterocycles. The number of aromatic nitrogens is 1. The van der Waals surface area contributed by atoms with Crippen molar-refractivity contribution < 1.29 is 14.0 Å². The molecule has 0 aliphatic rings. The molecule has 0 saturated carbocycles. The molecule has 0 spiro atoms. The van der Waals surface area contributed by atoms with Crippen molar-refractivity contribution in [2.75, 3.05) is 6.61 Å². The molecule has 0 unspecified atom stereocenters. The second kappa shape index (κ2) is 13.9. The summed E-state index contributed by atoms with van der Waals surface area (Å²) in [5, 5.41) is 12.6. The number of rotatable bonds is 14. The largest absolute Gasteiger partial charge is 0.623 e. The SMILES string of the molecule is CCCCCCCCCCCCOc1ccc(-[n+]2ccccc2)cc1/C=[N+](\[O-])C(C)(C)C. The minimum absolute atomic E-state index is 0.496. The lowest BCUT2D eigenvalue weighted by molar-refractivity contribution is -0.595. The van der Waals surface area contributed by atoms with Crippen molar-refractivity contribution in [2.24, 2.45) is 0 Å². The third-order valence-corrected chi connectivity index (χ3v) is 5.68. The van der Waals surface area contributed by atoms with E-state index in [9.17, 15) is 5.21 Å². The minimum Gasteiger partial charge on any atom is -0.623 e. The summed E-state index contributed by atoms with van der Waals surface area (Å²) >= 11 is 0. The first-order chi connectivity index (χ1) is 15.4.